The van der Waals surface area contributed by atoms with Crippen LogP contribution in [0.15, 0.2) is 18.2 Å². The predicted octanol–water partition coefficient (Wildman–Crippen LogP) is 2.61. The van der Waals surface area contributed by atoms with E-state index in [2.05, 4.69) is 0 Å². The molecule has 0 N–H and O–H groups in total. The number of carbonyl (C=O) groups is 2. The summed E-state index contributed by atoms with van der Waals surface area (Å²) < 4.78 is 23.0. The highest BCUT2D eigenvalue weighted by Crippen LogP contribution is 2.27. The highest BCUT2D eigenvalue weighted by atomic mass is 19.1. The molecule has 0 aromatic heterocycles. The summed E-state index contributed by atoms with van der Waals surface area (Å²) in [6.45, 7) is 4.81. The summed E-state index contributed by atoms with van der Waals surface area (Å²) in [7, 11) is 1.31. The number of Topliss-reactive ketones (excluding diaryl/α,β-unsaturated/α-hetero) is 1. The van der Waals surface area contributed by atoms with Crippen LogP contribution in [0.25, 0.3) is 0 Å². The minimum absolute atomic E-state index is 0.0366. The minimum atomic E-state index is -1.32. The first-order valence-corrected chi connectivity index (χ1v) is 5.90. The molecule has 19 heavy (non-hydrogen) atoms. The molecule has 104 valence electrons. The Kier molecular flexibility index (Phi) is 4.64. The van der Waals surface area contributed by atoms with Crippen LogP contribution >= 0.6 is 0 Å². The van der Waals surface area contributed by atoms with E-state index in [1.165, 1.54) is 33.1 Å². The summed E-state index contributed by atoms with van der Waals surface area (Å²) in [5, 5.41) is 0. The third kappa shape index (κ3) is 3.10. The van der Waals surface area contributed by atoms with Crippen molar-refractivity contribution in [2.45, 2.75) is 20.8 Å². The summed E-state index contributed by atoms with van der Waals surface area (Å²) in [6, 6.07) is 3.73. The zero-order valence-electron chi connectivity index (χ0n) is 11.5. The molecule has 0 amide bonds. The van der Waals surface area contributed by atoms with Gasteiger partial charge in [-0.05, 0) is 39.0 Å². The van der Waals surface area contributed by atoms with Crippen molar-refractivity contribution in [2.75, 3.05) is 13.7 Å². The van der Waals surface area contributed by atoms with E-state index in [0.29, 0.717) is 0 Å². The number of ketones is 1. The van der Waals surface area contributed by atoms with Crippen molar-refractivity contribution in [2.24, 2.45) is 5.41 Å². The quantitative estimate of drug-likeness (QED) is 0.468. The van der Waals surface area contributed by atoms with Gasteiger partial charge in [0.1, 0.15) is 5.41 Å². The number of hydrogen-bond donors (Lipinski definition) is 0. The van der Waals surface area contributed by atoms with E-state index in [-0.39, 0.29) is 17.9 Å². The lowest BCUT2D eigenvalue weighted by Crippen LogP contribution is -2.35. The van der Waals surface area contributed by atoms with Gasteiger partial charge in [0.25, 0.3) is 0 Å². The number of benzene rings is 1. The fourth-order valence-electron chi connectivity index (χ4n) is 1.57. The summed E-state index contributed by atoms with van der Waals surface area (Å²) >= 11 is 0. The monoisotopic (exact) mass is 268 g/mol. The first-order chi connectivity index (χ1) is 8.84. The molecule has 0 bridgehead atoms. The average molecular weight is 268 g/mol. The molecule has 1 aromatic carbocycles. The topological polar surface area (TPSA) is 52.6 Å². The summed E-state index contributed by atoms with van der Waals surface area (Å²) in [6.07, 6.45) is 0. The van der Waals surface area contributed by atoms with Crippen molar-refractivity contribution in [1.29, 1.82) is 0 Å². The molecule has 0 spiro atoms. The van der Waals surface area contributed by atoms with Crippen LogP contribution in [0, 0.1) is 11.2 Å². The normalized spacial score (nSPS) is 11.0. The molecule has 0 aliphatic heterocycles. The lowest BCUT2D eigenvalue weighted by molar-refractivity contribution is -0.150. The van der Waals surface area contributed by atoms with E-state index in [0.717, 1.165) is 6.07 Å². The van der Waals surface area contributed by atoms with E-state index < -0.39 is 23.0 Å². The van der Waals surface area contributed by atoms with Gasteiger partial charge in [-0.1, -0.05) is 0 Å². The smallest absolute Gasteiger partial charge is 0.319 e. The first kappa shape index (κ1) is 15.1. The Hall–Kier alpha value is -1.91. The van der Waals surface area contributed by atoms with Gasteiger partial charge in [0.05, 0.1) is 13.7 Å². The van der Waals surface area contributed by atoms with Gasteiger partial charge >= 0.3 is 5.97 Å². The average Bonchev–Trinajstić information content (AvgIpc) is 2.38. The molecular formula is C14H17FO4. The molecule has 0 saturated carbocycles. The summed E-state index contributed by atoms with van der Waals surface area (Å²) in [5.74, 6) is -1.65. The molecule has 1 aromatic rings. The second kappa shape index (κ2) is 5.82. The van der Waals surface area contributed by atoms with Crippen LogP contribution in [0.4, 0.5) is 4.39 Å². The number of halogens is 1. The first-order valence-electron chi connectivity index (χ1n) is 5.90. The molecule has 0 aliphatic rings. The third-order valence-electron chi connectivity index (χ3n) is 2.77. The van der Waals surface area contributed by atoms with E-state index >= 15 is 0 Å². The zero-order valence-corrected chi connectivity index (χ0v) is 11.5. The molecule has 0 saturated heterocycles. The lowest BCUT2D eigenvalue weighted by atomic mass is 9.84. The van der Waals surface area contributed by atoms with Gasteiger partial charge < -0.3 is 9.47 Å². The Morgan fingerprint density at radius 2 is 1.95 bits per heavy atom. The fraction of sp³-hybridized carbons (Fsp3) is 0.429. The second-order valence-corrected chi connectivity index (χ2v) is 4.52. The molecular weight excluding hydrogens is 251 g/mol. The molecule has 5 heteroatoms. The maximum Gasteiger partial charge on any atom is 0.319 e. The van der Waals surface area contributed by atoms with Crippen molar-refractivity contribution >= 4 is 11.8 Å². The highest BCUT2D eigenvalue weighted by Gasteiger charge is 2.38. The van der Waals surface area contributed by atoms with Crippen LogP contribution in [0.3, 0.4) is 0 Å². The van der Waals surface area contributed by atoms with Crippen molar-refractivity contribution in [1.82, 2.24) is 0 Å². The van der Waals surface area contributed by atoms with Crippen LogP contribution in [-0.4, -0.2) is 25.5 Å². The standard InChI is InChI=1S/C14H17FO4/c1-5-19-13(17)14(2,3)12(16)9-6-7-10(15)11(8-9)18-4/h6-8H,5H2,1-4H3. The number of esters is 1. The highest BCUT2D eigenvalue weighted by molar-refractivity contribution is 6.12. The largest absolute Gasteiger partial charge is 0.494 e. The molecule has 0 unspecified atom stereocenters. The van der Waals surface area contributed by atoms with Gasteiger partial charge in [-0.2, -0.15) is 0 Å². The molecule has 0 aliphatic carbocycles. The van der Waals surface area contributed by atoms with Gasteiger partial charge in [0.2, 0.25) is 0 Å². The minimum Gasteiger partial charge on any atom is -0.494 e. The van der Waals surface area contributed by atoms with Gasteiger partial charge in [0, 0.05) is 5.56 Å². The number of rotatable bonds is 5. The molecule has 0 fully saturated rings. The summed E-state index contributed by atoms with van der Waals surface area (Å²) in [5.41, 5.74) is -1.12. The third-order valence-corrected chi connectivity index (χ3v) is 2.77. The SMILES string of the molecule is CCOC(=O)C(C)(C)C(=O)c1ccc(F)c(OC)c1. The van der Waals surface area contributed by atoms with Gasteiger partial charge in [-0.25, -0.2) is 4.39 Å². The van der Waals surface area contributed by atoms with Gasteiger partial charge in [0.15, 0.2) is 17.3 Å². The maximum absolute atomic E-state index is 13.3. The molecule has 0 radical (unpaired) electrons. The van der Waals surface area contributed by atoms with Crippen LogP contribution < -0.4 is 4.74 Å². The van der Waals surface area contributed by atoms with Crippen molar-refractivity contribution < 1.29 is 23.5 Å². The van der Waals surface area contributed by atoms with Crippen molar-refractivity contribution in [3.63, 3.8) is 0 Å². The van der Waals surface area contributed by atoms with E-state index in [1.54, 1.807) is 6.92 Å². The predicted molar refractivity (Wildman–Crippen MR) is 67.7 cm³/mol. The van der Waals surface area contributed by atoms with E-state index in [1.807, 2.05) is 0 Å². The van der Waals surface area contributed by atoms with Crippen LogP contribution in [0.2, 0.25) is 0 Å². The lowest BCUT2D eigenvalue weighted by Gasteiger charge is -2.21. The molecule has 1 rings (SSSR count). The summed E-state index contributed by atoms with van der Waals surface area (Å²) in [4.78, 5) is 24.0. The van der Waals surface area contributed by atoms with Crippen LogP contribution in [-0.2, 0) is 9.53 Å². The maximum atomic E-state index is 13.3. The fourth-order valence-corrected chi connectivity index (χ4v) is 1.57. The van der Waals surface area contributed by atoms with Crippen molar-refractivity contribution in [3.05, 3.63) is 29.6 Å². The Bertz CT molecular complexity index is 494. The Morgan fingerprint density at radius 1 is 1.32 bits per heavy atom. The van der Waals surface area contributed by atoms with Crippen molar-refractivity contribution in [3.8, 4) is 5.75 Å². The molecule has 0 atom stereocenters. The molecule has 0 heterocycles. The van der Waals surface area contributed by atoms with Crippen LogP contribution in [0.1, 0.15) is 31.1 Å². The number of methoxy groups -OCH3 is 1. The Morgan fingerprint density at radius 3 is 2.47 bits per heavy atom. The number of hydrogen-bond acceptors (Lipinski definition) is 4. The van der Waals surface area contributed by atoms with Gasteiger partial charge in [-0.15, -0.1) is 0 Å². The number of ether oxygens (including phenoxy) is 2. The zero-order chi connectivity index (χ0) is 14.6. The second-order valence-electron chi connectivity index (χ2n) is 4.52. The Labute approximate surface area is 111 Å². The van der Waals surface area contributed by atoms with Crippen LogP contribution in [0.5, 0.6) is 5.75 Å². The van der Waals surface area contributed by atoms with Gasteiger partial charge in [-0.3, -0.25) is 9.59 Å². The Balaban J connectivity index is 3.09. The van der Waals surface area contributed by atoms with E-state index in [4.69, 9.17) is 9.47 Å². The molecule has 4 nitrogen and oxygen atoms in total. The number of carbonyl (C=O) groups excluding carboxylic acids is 2. The van der Waals surface area contributed by atoms with E-state index in [9.17, 15) is 14.0 Å².